The summed E-state index contributed by atoms with van der Waals surface area (Å²) in [5.41, 5.74) is -1.40. The largest absolute Gasteiger partial charge is 0.487 e. The van der Waals surface area contributed by atoms with Crippen molar-refractivity contribution >= 4 is 19.1 Å². The zero-order valence-electron chi connectivity index (χ0n) is 15.9. The lowest BCUT2D eigenvalue weighted by molar-refractivity contribution is -0.168. The minimum absolute atomic E-state index is 0.155. The predicted octanol–water partition coefficient (Wildman–Crippen LogP) is 2.47. The van der Waals surface area contributed by atoms with E-state index in [1.807, 2.05) is 33.7 Å². The van der Waals surface area contributed by atoms with E-state index >= 15 is 0 Å². The van der Waals surface area contributed by atoms with Crippen LogP contribution in [0.1, 0.15) is 40.5 Å². The van der Waals surface area contributed by atoms with Crippen LogP contribution in [0.5, 0.6) is 0 Å². The van der Waals surface area contributed by atoms with Gasteiger partial charge in [-0.15, -0.1) is 6.58 Å². The molecule has 1 aliphatic carbocycles. The zero-order valence-corrected chi connectivity index (χ0v) is 15.9. The Balaban J connectivity index is 2.34. The van der Waals surface area contributed by atoms with E-state index in [-0.39, 0.29) is 18.8 Å². The second-order valence-electron chi connectivity index (χ2n) is 7.65. The van der Waals surface area contributed by atoms with E-state index in [1.165, 1.54) is 14.2 Å². The van der Waals surface area contributed by atoms with E-state index in [0.717, 1.165) is 5.57 Å². The summed E-state index contributed by atoms with van der Waals surface area (Å²) < 4.78 is 21.7. The van der Waals surface area contributed by atoms with E-state index in [4.69, 9.17) is 18.8 Å². The summed E-state index contributed by atoms with van der Waals surface area (Å²) in [6.45, 7) is 11.7. The lowest BCUT2D eigenvalue weighted by atomic mass is 9.83. The zero-order chi connectivity index (χ0) is 19.0. The van der Waals surface area contributed by atoms with Gasteiger partial charge in [-0.3, -0.25) is 9.59 Å². The molecular weight excluding hydrogens is 323 g/mol. The molecule has 0 aromatic heterocycles. The average Bonchev–Trinajstić information content (AvgIpc) is 3.00. The molecule has 1 saturated carbocycles. The third-order valence-corrected chi connectivity index (χ3v) is 5.61. The number of allylic oxidation sites excluding steroid dienone is 2. The quantitative estimate of drug-likeness (QED) is 0.336. The Labute approximate surface area is 149 Å². The van der Waals surface area contributed by atoms with E-state index in [9.17, 15) is 9.59 Å². The van der Waals surface area contributed by atoms with Crippen LogP contribution in [0, 0.1) is 11.3 Å². The molecular formula is C18H27BO6. The standard InChI is InChI=1S/C18H27BO6/c1-8-12-9-18(14(20)22-6,15(21)23-7)10-13(12)11-19-24-16(2,3)17(4,5)25-19/h8,11-12H,1,9-10H2,2-7H3/b13-11+. The molecule has 2 aliphatic rings. The highest BCUT2D eigenvalue weighted by Gasteiger charge is 2.56. The van der Waals surface area contributed by atoms with E-state index in [2.05, 4.69) is 6.58 Å². The minimum Gasteiger partial charge on any atom is -0.468 e. The fourth-order valence-electron chi connectivity index (χ4n) is 3.39. The number of hydrogen-bond acceptors (Lipinski definition) is 6. The molecule has 1 aliphatic heterocycles. The highest BCUT2D eigenvalue weighted by Crippen LogP contribution is 2.48. The average molecular weight is 350 g/mol. The Morgan fingerprint density at radius 2 is 1.60 bits per heavy atom. The number of rotatable bonds is 4. The van der Waals surface area contributed by atoms with Crippen LogP contribution in [-0.4, -0.2) is 44.5 Å². The third-order valence-electron chi connectivity index (χ3n) is 5.61. The minimum atomic E-state index is -1.35. The number of methoxy groups -OCH3 is 2. The third kappa shape index (κ3) is 3.27. The van der Waals surface area contributed by atoms with Crippen LogP contribution in [0.2, 0.25) is 0 Å². The van der Waals surface area contributed by atoms with E-state index < -0.39 is 35.7 Å². The molecule has 1 atom stereocenters. The van der Waals surface area contributed by atoms with Gasteiger partial charge in [-0.05, 0) is 46.5 Å². The first kappa shape index (κ1) is 19.7. The summed E-state index contributed by atoms with van der Waals surface area (Å²) in [6.07, 6.45) is 2.19. The first-order chi connectivity index (χ1) is 11.5. The molecule has 6 nitrogen and oxygen atoms in total. The molecule has 0 bridgehead atoms. The Hall–Kier alpha value is -1.60. The molecule has 138 valence electrons. The van der Waals surface area contributed by atoms with Crippen molar-refractivity contribution < 1.29 is 28.4 Å². The lowest BCUT2D eigenvalue weighted by Gasteiger charge is -2.32. The monoisotopic (exact) mass is 350 g/mol. The van der Waals surface area contributed by atoms with Crippen molar-refractivity contribution in [2.24, 2.45) is 11.3 Å². The normalized spacial score (nSPS) is 28.0. The number of esters is 2. The molecule has 0 amide bonds. The molecule has 0 aromatic rings. The van der Waals surface area contributed by atoms with Crippen LogP contribution in [0.25, 0.3) is 0 Å². The van der Waals surface area contributed by atoms with Gasteiger partial charge in [0.2, 0.25) is 0 Å². The summed E-state index contributed by atoms with van der Waals surface area (Å²) in [7, 11) is 1.99. The van der Waals surface area contributed by atoms with Crippen molar-refractivity contribution in [3.8, 4) is 0 Å². The second kappa shape index (κ2) is 6.61. The van der Waals surface area contributed by atoms with Gasteiger partial charge in [-0.25, -0.2) is 0 Å². The molecule has 0 N–H and O–H groups in total. The maximum Gasteiger partial charge on any atom is 0.487 e. The number of carbonyl (C=O) groups is 2. The molecule has 2 rings (SSSR count). The molecule has 25 heavy (non-hydrogen) atoms. The fourth-order valence-corrected chi connectivity index (χ4v) is 3.39. The van der Waals surface area contributed by atoms with Crippen molar-refractivity contribution in [1.82, 2.24) is 0 Å². The van der Waals surface area contributed by atoms with Crippen molar-refractivity contribution in [3.63, 3.8) is 0 Å². The smallest absolute Gasteiger partial charge is 0.468 e. The predicted molar refractivity (Wildman–Crippen MR) is 93.6 cm³/mol. The van der Waals surface area contributed by atoms with Gasteiger partial charge in [0.1, 0.15) is 0 Å². The van der Waals surface area contributed by atoms with Gasteiger partial charge in [0.05, 0.1) is 25.4 Å². The number of ether oxygens (including phenoxy) is 2. The van der Waals surface area contributed by atoms with E-state index in [1.54, 1.807) is 6.08 Å². The summed E-state index contributed by atoms with van der Waals surface area (Å²) in [4.78, 5) is 24.7. The first-order valence-corrected chi connectivity index (χ1v) is 8.38. The number of hydrogen-bond donors (Lipinski definition) is 0. The Bertz CT molecular complexity index is 575. The summed E-state index contributed by atoms with van der Waals surface area (Å²) in [5.74, 6) is 0.500. The van der Waals surface area contributed by atoms with Gasteiger partial charge in [-0.2, -0.15) is 0 Å². The lowest BCUT2D eigenvalue weighted by Crippen LogP contribution is -2.41. The van der Waals surface area contributed by atoms with Gasteiger partial charge >= 0.3 is 19.1 Å². The fraction of sp³-hybridized carbons (Fsp3) is 0.667. The van der Waals surface area contributed by atoms with Gasteiger partial charge in [0.25, 0.3) is 0 Å². The molecule has 0 aromatic carbocycles. The molecule has 0 spiro atoms. The van der Waals surface area contributed by atoms with Gasteiger partial charge in [0.15, 0.2) is 5.41 Å². The molecule has 1 unspecified atom stereocenters. The molecule has 7 heteroatoms. The Morgan fingerprint density at radius 3 is 2.00 bits per heavy atom. The summed E-state index contributed by atoms with van der Waals surface area (Å²) in [5, 5.41) is 0. The Morgan fingerprint density at radius 1 is 1.12 bits per heavy atom. The highest BCUT2D eigenvalue weighted by molar-refractivity contribution is 6.51. The molecule has 0 radical (unpaired) electrons. The SMILES string of the molecule is C=CC1CC(C(=O)OC)(C(=O)OC)C/C1=C\B1OC(C)(C)C(C)(C)O1. The highest BCUT2D eigenvalue weighted by atomic mass is 16.7. The van der Waals surface area contributed by atoms with Crippen LogP contribution < -0.4 is 0 Å². The molecule has 2 fully saturated rings. The van der Waals surface area contributed by atoms with E-state index in [0.29, 0.717) is 0 Å². The summed E-state index contributed by atoms with van der Waals surface area (Å²) >= 11 is 0. The van der Waals surface area contributed by atoms with Crippen molar-refractivity contribution in [2.75, 3.05) is 14.2 Å². The number of carbonyl (C=O) groups excluding carboxylic acids is 2. The van der Waals surface area contributed by atoms with Crippen LogP contribution in [0.3, 0.4) is 0 Å². The van der Waals surface area contributed by atoms with Crippen molar-refractivity contribution in [2.45, 2.75) is 51.7 Å². The van der Waals surface area contributed by atoms with Crippen LogP contribution in [0.4, 0.5) is 0 Å². The first-order valence-electron chi connectivity index (χ1n) is 8.38. The summed E-state index contributed by atoms with van der Waals surface area (Å²) in [6, 6.07) is 0. The molecule has 1 heterocycles. The van der Waals surface area contributed by atoms with Crippen molar-refractivity contribution in [3.05, 3.63) is 24.2 Å². The maximum atomic E-state index is 12.3. The van der Waals surface area contributed by atoms with Crippen molar-refractivity contribution in [1.29, 1.82) is 0 Å². The van der Waals surface area contributed by atoms with Crippen LogP contribution >= 0.6 is 0 Å². The molecule has 1 saturated heterocycles. The topological polar surface area (TPSA) is 71.1 Å². The Kier molecular flexibility index (Phi) is 5.22. The van der Waals surface area contributed by atoms with Gasteiger partial charge in [-0.1, -0.05) is 17.6 Å². The van der Waals surface area contributed by atoms with Gasteiger partial charge < -0.3 is 18.8 Å². The second-order valence-corrected chi connectivity index (χ2v) is 7.65. The van der Waals surface area contributed by atoms with Crippen LogP contribution in [0.15, 0.2) is 24.2 Å². The van der Waals surface area contributed by atoms with Gasteiger partial charge in [0, 0.05) is 0 Å². The van der Waals surface area contributed by atoms with Crippen LogP contribution in [-0.2, 0) is 28.4 Å². The maximum absolute atomic E-state index is 12.3.